The van der Waals surface area contributed by atoms with E-state index in [-0.39, 0.29) is 5.54 Å². The first-order valence-corrected chi connectivity index (χ1v) is 13.0. The first kappa shape index (κ1) is 22.3. The van der Waals surface area contributed by atoms with Crippen molar-refractivity contribution in [1.29, 1.82) is 0 Å². The van der Waals surface area contributed by atoms with E-state index in [9.17, 15) is 0 Å². The summed E-state index contributed by atoms with van der Waals surface area (Å²) in [5.41, 5.74) is 10.1. The van der Waals surface area contributed by atoms with Crippen LogP contribution in [0.25, 0.3) is 16.5 Å². The Bertz CT molecular complexity index is 1340. The lowest BCUT2D eigenvalue weighted by molar-refractivity contribution is 0.138. The summed E-state index contributed by atoms with van der Waals surface area (Å²) < 4.78 is 0. The van der Waals surface area contributed by atoms with Gasteiger partial charge in [-0.2, -0.15) is 0 Å². The minimum atomic E-state index is 0.0677. The number of nitrogens with one attached hydrogen (secondary N) is 1. The fourth-order valence-corrected chi connectivity index (χ4v) is 6.31. The number of allylic oxidation sites excluding steroid dienone is 1. The molecule has 1 aliphatic carbocycles. The summed E-state index contributed by atoms with van der Waals surface area (Å²) in [4.78, 5) is 8.84. The lowest BCUT2D eigenvalue weighted by Gasteiger charge is -2.43. The highest BCUT2D eigenvalue weighted by Crippen LogP contribution is 2.43. The first-order valence-electron chi connectivity index (χ1n) is 13.0. The second-order valence-electron chi connectivity index (χ2n) is 10.5. The third-order valence-electron chi connectivity index (χ3n) is 8.38. The van der Waals surface area contributed by atoms with Gasteiger partial charge in [-0.15, -0.1) is 0 Å². The molecule has 1 aromatic heterocycles. The maximum atomic E-state index is 3.82. The molecular weight excluding hydrogens is 426 g/mol. The molecule has 0 radical (unpaired) electrons. The number of fused-ring (bicyclic) bond motifs is 2. The SMILES string of the molecule is CN(C)C1(c2ccccc2)CC=C(c2[nH]c3ccccc3c2CCN2Cc3ccccc3C2)CC1. The average Bonchev–Trinajstić information content (AvgIpc) is 3.49. The zero-order valence-corrected chi connectivity index (χ0v) is 20.9. The number of hydrogen-bond donors (Lipinski definition) is 1. The molecule has 0 fully saturated rings. The van der Waals surface area contributed by atoms with Crippen LogP contribution in [0.3, 0.4) is 0 Å². The zero-order chi connectivity index (χ0) is 23.8. The van der Waals surface area contributed by atoms with Crippen LogP contribution >= 0.6 is 0 Å². The minimum Gasteiger partial charge on any atom is -0.355 e. The molecule has 0 spiro atoms. The maximum Gasteiger partial charge on any atom is 0.0492 e. The zero-order valence-electron chi connectivity index (χ0n) is 20.9. The van der Waals surface area contributed by atoms with Crippen LogP contribution in [0.1, 0.15) is 47.2 Å². The van der Waals surface area contributed by atoms with E-state index in [1.54, 1.807) is 0 Å². The highest BCUT2D eigenvalue weighted by Gasteiger charge is 2.36. The Morgan fingerprint density at radius 2 is 1.54 bits per heavy atom. The fourth-order valence-electron chi connectivity index (χ4n) is 6.31. The summed E-state index contributed by atoms with van der Waals surface area (Å²) in [6, 6.07) is 28.8. The molecule has 6 rings (SSSR count). The number of nitrogens with zero attached hydrogens (tertiary/aromatic N) is 2. The van der Waals surface area contributed by atoms with Crippen LogP contribution in [0.2, 0.25) is 0 Å². The average molecular weight is 462 g/mol. The molecule has 1 N–H and O–H groups in total. The van der Waals surface area contributed by atoms with E-state index < -0.39 is 0 Å². The van der Waals surface area contributed by atoms with Crippen molar-refractivity contribution < 1.29 is 0 Å². The molecule has 3 aromatic carbocycles. The molecule has 0 amide bonds. The topological polar surface area (TPSA) is 22.3 Å². The van der Waals surface area contributed by atoms with Crippen LogP contribution in [0, 0.1) is 0 Å². The number of H-pyrrole nitrogens is 1. The summed E-state index contributed by atoms with van der Waals surface area (Å²) in [7, 11) is 4.46. The summed E-state index contributed by atoms with van der Waals surface area (Å²) in [5.74, 6) is 0. The van der Waals surface area contributed by atoms with Crippen molar-refractivity contribution in [2.24, 2.45) is 0 Å². The van der Waals surface area contributed by atoms with Gasteiger partial charge in [0.1, 0.15) is 0 Å². The van der Waals surface area contributed by atoms with E-state index in [0.29, 0.717) is 0 Å². The molecule has 2 heterocycles. The molecule has 0 bridgehead atoms. The number of benzene rings is 3. The standard InChI is InChI=1S/C32H35N3/c1-34(2)32(27-12-4-3-5-13-27)19-16-24(17-20-32)31-29(28-14-8-9-15-30(28)33-31)18-21-35-22-25-10-6-7-11-26(25)23-35/h3-16,33H,17-23H2,1-2H3. The molecule has 0 saturated heterocycles. The molecular formula is C32H35N3. The van der Waals surface area contributed by atoms with E-state index in [1.807, 2.05) is 0 Å². The predicted octanol–water partition coefficient (Wildman–Crippen LogP) is 6.75. The van der Waals surface area contributed by atoms with E-state index in [0.717, 1.165) is 45.3 Å². The summed E-state index contributed by atoms with van der Waals surface area (Å²) in [6.45, 7) is 3.22. The van der Waals surface area contributed by atoms with Crippen molar-refractivity contribution >= 4 is 16.5 Å². The van der Waals surface area contributed by atoms with Crippen LogP contribution in [0.5, 0.6) is 0 Å². The lowest BCUT2D eigenvalue weighted by Crippen LogP contribution is -2.42. The van der Waals surface area contributed by atoms with Gasteiger partial charge in [-0.3, -0.25) is 9.80 Å². The number of hydrogen-bond acceptors (Lipinski definition) is 2. The van der Waals surface area contributed by atoms with Crippen molar-refractivity contribution in [3.05, 3.63) is 113 Å². The predicted molar refractivity (Wildman–Crippen MR) is 146 cm³/mol. The van der Waals surface area contributed by atoms with Gasteiger partial charge in [0.25, 0.3) is 0 Å². The molecule has 1 atom stereocenters. The second kappa shape index (κ2) is 9.14. The molecule has 1 aliphatic heterocycles. The highest BCUT2D eigenvalue weighted by molar-refractivity contribution is 5.89. The van der Waals surface area contributed by atoms with Crippen molar-refractivity contribution in [1.82, 2.24) is 14.8 Å². The van der Waals surface area contributed by atoms with E-state index >= 15 is 0 Å². The molecule has 3 heteroatoms. The monoisotopic (exact) mass is 461 g/mol. The second-order valence-corrected chi connectivity index (χ2v) is 10.5. The number of aromatic nitrogens is 1. The van der Waals surface area contributed by atoms with Crippen LogP contribution in [0.4, 0.5) is 0 Å². The molecule has 35 heavy (non-hydrogen) atoms. The first-order chi connectivity index (χ1) is 17.1. The fraction of sp³-hybridized carbons (Fsp3) is 0.312. The van der Waals surface area contributed by atoms with Gasteiger partial charge in [-0.05, 0) is 73.7 Å². The third-order valence-corrected chi connectivity index (χ3v) is 8.38. The molecule has 4 aromatic rings. The van der Waals surface area contributed by atoms with Gasteiger partial charge in [0.05, 0.1) is 0 Å². The minimum absolute atomic E-state index is 0.0677. The molecule has 2 aliphatic rings. The Morgan fingerprint density at radius 1 is 0.857 bits per heavy atom. The van der Waals surface area contributed by atoms with E-state index in [4.69, 9.17) is 0 Å². The molecule has 178 valence electrons. The Balaban J connectivity index is 1.29. The van der Waals surface area contributed by atoms with Crippen molar-refractivity contribution in [2.75, 3.05) is 20.6 Å². The van der Waals surface area contributed by atoms with Crippen molar-refractivity contribution in [3.8, 4) is 0 Å². The quantitative estimate of drug-likeness (QED) is 0.343. The van der Waals surface area contributed by atoms with Gasteiger partial charge >= 0.3 is 0 Å². The Labute approximate surface area is 209 Å². The van der Waals surface area contributed by atoms with Crippen LogP contribution in [0.15, 0.2) is 84.9 Å². The smallest absolute Gasteiger partial charge is 0.0492 e. The van der Waals surface area contributed by atoms with Gasteiger partial charge < -0.3 is 4.98 Å². The molecule has 1 unspecified atom stereocenters. The Morgan fingerprint density at radius 3 is 2.23 bits per heavy atom. The number of para-hydroxylation sites is 1. The number of aromatic amines is 1. The van der Waals surface area contributed by atoms with Crippen LogP contribution in [-0.2, 0) is 25.0 Å². The largest absolute Gasteiger partial charge is 0.355 e. The summed E-state index contributed by atoms with van der Waals surface area (Å²) in [5, 5.41) is 1.38. The normalized spacial score (nSPS) is 20.4. The van der Waals surface area contributed by atoms with Crippen LogP contribution in [-0.4, -0.2) is 35.4 Å². The van der Waals surface area contributed by atoms with E-state index in [1.165, 1.54) is 44.4 Å². The summed E-state index contributed by atoms with van der Waals surface area (Å²) >= 11 is 0. The maximum absolute atomic E-state index is 3.82. The van der Waals surface area contributed by atoms with Gasteiger partial charge in [-0.1, -0.05) is 78.9 Å². The lowest BCUT2D eigenvalue weighted by atomic mass is 9.75. The van der Waals surface area contributed by atoms with Crippen LogP contribution < -0.4 is 0 Å². The third kappa shape index (κ3) is 4.03. The van der Waals surface area contributed by atoms with Gasteiger partial charge in [-0.25, -0.2) is 0 Å². The van der Waals surface area contributed by atoms with Gasteiger partial charge in [0, 0.05) is 41.8 Å². The summed E-state index contributed by atoms with van der Waals surface area (Å²) in [6.07, 6.45) is 6.84. The van der Waals surface area contributed by atoms with E-state index in [2.05, 4.69) is 114 Å². The van der Waals surface area contributed by atoms with Crippen molar-refractivity contribution in [3.63, 3.8) is 0 Å². The Kier molecular flexibility index (Phi) is 5.83. The van der Waals surface area contributed by atoms with Gasteiger partial charge in [0.15, 0.2) is 0 Å². The Hall–Kier alpha value is -3.14. The molecule has 0 saturated carbocycles. The highest BCUT2D eigenvalue weighted by atomic mass is 15.1. The van der Waals surface area contributed by atoms with Crippen molar-refractivity contribution in [2.45, 2.75) is 44.3 Å². The number of rotatable bonds is 6. The molecule has 3 nitrogen and oxygen atoms in total. The van der Waals surface area contributed by atoms with Gasteiger partial charge in [0.2, 0.25) is 0 Å².